The van der Waals surface area contributed by atoms with Gasteiger partial charge < -0.3 is 10.2 Å². The Morgan fingerprint density at radius 2 is 2.44 bits per heavy atom. The summed E-state index contributed by atoms with van der Waals surface area (Å²) < 4.78 is 0. The van der Waals surface area contributed by atoms with Crippen molar-refractivity contribution in [3.63, 3.8) is 0 Å². The zero-order valence-electron chi connectivity index (χ0n) is 8.64. The average molecular weight is 233 g/mol. The van der Waals surface area contributed by atoms with Gasteiger partial charge >= 0.3 is 6.03 Å². The molecule has 2 rings (SSSR count). The third-order valence-corrected chi connectivity index (χ3v) is 3.23. The second kappa shape index (κ2) is 4.90. The Kier molecular flexibility index (Phi) is 3.32. The number of carbonyl (C=O) groups is 1. The van der Waals surface area contributed by atoms with E-state index in [1.165, 1.54) is 0 Å². The molecule has 0 spiro atoms. The van der Waals surface area contributed by atoms with Gasteiger partial charge in [-0.1, -0.05) is 12.1 Å². The molecule has 1 aliphatic rings. The van der Waals surface area contributed by atoms with Gasteiger partial charge in [0.2, 0.25) is 0 Å². The summed E-state index contributed by atoms with van der Waals surface area (Å²) in [4.78, 5) is 16.8. The highest BCUT2D eigenvalue weighted by molar-refractivity contribution is 7.99. The van der Waals surface area contributed by atoms with Crippen molar-refractivity contribution in [1.82, 2.24) is 4.90 Å². The minimum atomic E-state index is -0.0906. The molecule has 1 saturated heterocycles. The maximum atomic E-state index is 11.7. The van der Waals surface area contributed by atoms with E-state index in [4.69, 9.17) is 6.57 Å². The number of nitrogens with zero attached hydrogens (tertiary/aromatic N) is 2. The van der Waals surface area contributed by atoms with E-state index < -0.39 is 0 Å². The Bertz CT molecular complexity index is 435. The van der Waals surface area contributed by atoms with Crippen molar-refractivity contribution in [1.29, 1.82) is 0 Å². The number of thioether (sulfide) groups is 1. The van der Waals surface area contributed by atoms with Gasteiger partial charge in [0.05, 0.1) is 12.4 Å². The van der Waals surface area contributed by atoms with Crippen molar-refractivity contribution >= 4 is 29.2 Å². The highest BCUT2D eigenvalue weighted by atomic mass is 32.2. The van der Waals surface area contributed by atoms with E-state index in [9.17, 15) is 4.79 Å². The van der Waals surface area contributed by atoms with Crippen molar-refractivity contribution in [2.75, 3.05) is 23.5 Å². The predicted octanol–water partition coefficient (Wildman–Crippen LogP) is 2.78. The maximum Gasteiger partial charge on any atom is 0.322 e. The van der Waals surface area contributed by atoms with Gasteiger partial charge in [0.15, 0.2) is 5.69 Å². The molecular weight excluding hydrogens is 222 g/mol. The summed E-state index contributed by atoms with van der Waals surface area (Å²) in [6, 6.07) is 6.85. The quantitative estimate of drug-likeness (QED) is 0.757. The largest absolute Gasteiger partial charge is 0.322 e. The maximum absolute atomic E-state index is 11.7. The third kappa shape index (κ3) is 2.47. The first-order chi connectivity index (χ1) is 7.79. The lowest BCUT2D eigenvalue weighted by Gasteiger charge is -2.15. The van der Waals surface area contributed by atoms with Gasteiger partial charge in [0.25, 0.3) is 0 Å². The Morgan fingerprint density at radius 1 is 1.56 bits per heavy atom. The topological polar surface area (TPSA) is 36.7 Å². The molecule has 1 heterocycles. The normalized spacial score (nSPS) is 14.6. The first kappa shape index (κ1) is 10.8. The van der Waals surface area contributed by atoms with Crippen molar-refractivity contribution in [3.05, 3.63) is 35.7 Å². The number of anilines is 1. The van der Waals surface area contributed by atoms with Crippen LogP contribution >= 0.6 is 11.8 Å². The molecule has 0 atom stereocenters. The predicted molar refractivity (Wildman–Crippen MR) is 65.8 cm³/mol. The van der Waals surface area contributed by atoms with E-state index in [0.29, 0.717) is 11.4 Å². The summed E-state index contributed by atoms with van der Waals surface area (Å²) in [5, 5.41) is 2.79. The highest BCUT2D eigenvalue weighted by Crippen LogP contribution is 2.19. The Morgan fingerprint density at radius 3 is 3.12 bits per heavy atom. The van der Waals surface area contributed by atoms with Crippen LogP contribution in [0.5, 0.6) is 0 Å². The Hall–Kier alpha value is -1.67. The van der Waals surface area contributed by atoms with E-state index >= 15 is 0 Å². The molecule has 1 aliphatic heterocycles. The van der Waals surface area contributed by atoms with Crippen LogP contribution in [0.1, 0.15) is 0 Å². The van der Waals surface area contributed by atoms with E-state index in [-0.39, 0.29) is 6.03 Å². The lowest BCUT2D eigenvalue weighted by atomic mass is 10.3. The van der Waals surface area contributed by atoms with E-state index in [2.05, 4.69) is 10.2 Å². The van der Waals surface area contributed by atoms with Gasteiger partial charge in [-0.2, -0.15) is 0 Å². The number of hydrogen-bond acceptors (Lipinski definition) is 2. The molecule has 0 bridgehead atoms. The van der Waals surface area contributed by atoms with Crippen LogP contribution in [0.4, 0.5) is 16.2 Å². The van der Waals surface area contributed by atoms with Gasteiger partial charge in [-0.15, -0.1) is 11.8 Å². The molecule has 1 fully saturated rings. The molecule has 0 aromatic heterocycles. The van der Waals surface area contributed by atoms with Crippen LogP contribution < -0.4 is 5.32 Å². The molecule has 82 valence electrons. The number of amides is 2. The van der Waals surface area contributed by atoms with Gasteiger partial charge in [0, 0.05) is 18.0 Å². The smallest absolute Gasteiger partial charge is 0.314 e. The Balaban J connectivity index is 2.03. The van der Waals surface area contributed by atoms with Crippen molar-refractivity contribution < 1.29 is 4.79 Å². The number of urea groups is 1. The Labute approximate surface area is 98.4 Å². The second-order valence-corrected chi connectivity index (χ2v) is 4.47. The first-order valence-corrected chi connectivity index (χ1v) is 6.06. The van der Waals surface area contributed by atoms with E-state index in [0.717, 1.165) is 18.2 Å². The van der Waals surface area contributed by atoms with Gasteiger partial charge in [-0.05, 0) is 12.1 Å². The number of benzene rings is 1. The van der Waals surface area contributed by atoms with Gasteiger partial charge in [0.1, 0.15) is 0 Å². The molecule has 0 saturated carbocycles. The summed E-state index contributed by atoms with van der Waals surface area (Å²) in [5.41, 5.74) is 1.21. The van der Waals surface area contributed by atoms with Crippen LogP contribution in [0.2, 0.25) is 0 Å². The minimum Gasteiger partial charge on any atom is -0.314 e. The zero-order chi connectivity index (χ0) is 11.4. The molecule has 16 heavy (non-hydrogen) atoms. The number of carbonyl (C=O) groups excluding carboxylic acids is 1. The van der Waals surface area contributed by atoms with Gasteiger partial charge in [-0.3, -0.25) is 0 Å². The van der Waals surface area contributed by atoms with Crippen LogP contribution in [-0.2, 0) is 0 Å². The summed E-state index contributed by atoms with van der Waals surface area (Å²) in [6.45, 7) is 7.68. The zero-order valence-corrected chi connectivity index (χ0v) is 9.46. The lowest BCUT2D eigenvalue weighted by molar-refractivity contribution is 0.225. The van der Waals surface area contributed by atoms with Crippen LogP contribution in [-0.4, -0.2) is 29.1 Å². The molecule has 1 aromatic carbocycles. The van der Waals surface area contributed by atoms with E-state index in [1.807, 2.05) is 0 Å². The minimum absolute atomic E-state index is 0.0906. The van der Waals surface area contributed by atoms with Crippen molar-refractivity contribution in [2.45, 2.75) is 0 Å². The van der Waals surface area contributed by atoms with Crippen LogP contribution in [0.15, 0.2) is 24.3 Å². The van der Waals surface area contributed by atoms with Crippen LogP contribution in [0.25, 0.3) is 4.85 Å². The fourth-order valence-electron chi connectivity index (χ4n) is 1.43. The molecule has 1 aromatic rings. The van der Waals surface area contributed by atoms with Crippen LogP contribution in [0, 0.1) is 6.57 Å². The molecular formula is C11H11N3OS. The first-order valence-electron chi connectivity index (χ1n) is 4.91. The number of hydrogen-bond donors (Lipinski definition) is 1. The number of nitrogens with one attached hydrogen (secondary N) is 1. The summed E-state index contributed by atoms with van der Waals surface area (Å²) in [5.74, 6) is 1.74. The summed E-state index contributed by atoms with van der Waals surface area (Å²) in [6.07, 6.45) is 0. The van der Waals surface area contributed by atoms with Crippen LogP contribution in [0.3, 0.4) is 0 Å². The standard InChI is InChI=1S/C11H11N3OS/c1-12-9-3-2-4-10(7-9)13-11(15)14-5-6-16-8-14/h2-4,7H,5-6,8H2,(H,13,15). The SMILES string of the molecule is [C-]#[N+]c1cccc(NC(=O)N2CCSC2)c1. The molecule has 2 amide bonds. The molecule has 5 heteroatoms. The monoisotopic (exact) mass is 233 g/mol. The fraction of sp³-hybridized carbons (Fsp3) is 0.273. The van der Waals surface area contributed by atoms with Crippen molar-refractivity contribution in [2.24, 2.45) is 0 Å². The highest BCUT2D eigenvalue weighted by Gasteiger charge is 2.17. The molecule has 0 aliphatic carbocycles. The summed E-state index contributed by atoms with van der Waals surface area (Å²) in [7, 11) is 0. The lowest BCUT2D eigenvalue weighted by Crippen LogP contribution is -2.32. The molecule has 0 unspecified atom stereocenters. The van der Waals surface area contributed by atoms with Gasteiger partial charge in [-0.25, -0.2) is 9.64 Å². The summed E-state index contributed by atoms with van der Waals surface area (Å²) >= 11 is 1.75. The average Bonchev–Trinajstić information content (AvgIpc) is 2.83. The van der Waals surface area contributed by atoms with Crippen molar-refractivity contribution in [3.8, 4) is 0 Å². The fourth-order valence-corrected chi connectivity index (χ4v) is 2.38. The molecule has 4 nitrogen and oxygen atoms in total. The molecule has 0 radical (unpaired) electrons. The second-order valence-electron chi connectivity index (χ2n) is 3.39. The third-order valence-electron chi connectivity index (χ3n) is 2.27. The number of rotatable bonds is 1. The molecule has 1 N–H and O–H groups in total. The van der Waals surface area contributed by atoms with E-state index in [1.54, 1.807) is 40.9 Å².